The fourth-order valence-corrected chi connectivity index (χ4v) is 6.13. The van der Waals surface area contributed by atoms with E-state index in [1.807, 2.05) is 31.1 Å². The number of rotatable bonds is 8. The van der Waals surface area contributed by atoms with Crippen molar-refractivity contribution in [1.82, 2.24) is 14.4 Å². The molecule has 5 rings (SSSR count). The van der Waals surface area contributed by atoms with Gasteiger partial charge in [0.2, 0.25) is 0 Å². The summed E-state index contributed by atoms with van der Waals surface area (Å²) in [6, 6.07) is 14.1. The summed E-state index contributed by atoms with van der Waals surface area (Å²) in [7, 11) is 6.18. The molecule has 1 aliphatic heterocycles. The summed E-state index contributed by atoms with van der Waals surface area (Å²) < 4.78 is 8.79. The van der Waals surface area contributed by atoms with Gasteiger partial charge in [0.25, 0.3) is 0 Å². The second kappa shape index (κ2) is 11.2. The molecule has 3 aromatic rings. The number of hydrogen-bond donors (Lipinski definition) is 1. The fraction of sp³-hybridized carbons (Fsp3) is 0.469. The topological polar surface area (TPSA) is 57.9 Å². The minimum absolute atomic E-state index is 0.233. The highest BCUT2D eigenvalue weighted by molar-refractivity contribution is 5.98. The lowest BCUT2D eigenvalue weighted by Gasteiger charge is -2.29. The summed E-state index contributed by atoms with van der Waals surface area (Å²) >= 11 is 0. The number of hydrogen-bond acceptors (Lipinski definition) is 4. The molecular weight excluding hydrogens is 474 g/mol. The van der Waals surface area contributed by atoms with Crippen LogP contribution in [-0.2, 0) is 6.54 Å². The number of ether oxygens (including phenoxy) is 1. The Morgan fingerprint density at radius 3 is 2.47 bits per heavy atom. The van der Waals surface area contributed by atoms with E-state index in [4.69, 9.17) is 4.74 Å². The van der Waals surface area contributed by atoms with E-state index < -0.39 is 5.97 Å². The normalized spacial score (nSPS) is 17.6. The van der Waals surface area contributed by atoms with Gasteiger partial charge in [0.05, 0.1) is 23.3 Å². The number of aromatic carboxylic acids is 1. The van der Waals surface area contributed by atoms with E-state index in [-0.39, 0.29) is 6.10 Å². The molecule has 0 amide bonds. The molecule has 1 aromatic heterocycles. The maximum atomic E-state index is 11.9. The second-order valence-corrected chi connectivity index (χ2v) is 11.3. The number of fused-ring (bicyclic) bond motifs is 1. The van der Waals surface area contributed by atoms with Crippen LogP contribution in [0.3, 0.4) is 0 Å². The van der Waals surface area contributed by atoms with E-state index in [2.05, 4.69) is 47.4 Å². The van der Waals surface area contributed by atoms with Crippen molar-refractivity contribution >= 4 is 16.9 Å². The highest BCUT2D eigenvalue weighted by Crippen LogP contribution is 2.45. The molecule has 1 saturated carbocycles. The van der Waals surface area contributed by atoms with Gasteiger partial charge < -0.3 is 24.2 Å². The van der Waals surface area contributed by atoms with Gasteiger partial charge in [-0.05, 0) is 68.5 Å². The number of carbonyl (C=O) groups is 1. The molecule has 2 heterocycles. The van der Waals surface area contributed by atoms with Crippen molar-refractivity contribution in [2.45, 2.75) is 63.5 Å². The Morgan fingerprint density at radius 2 is 1.79 bits per heavy atom. The number of carboxylic acid groups (broad SMARTS) is 1. The van der Waals surface area contributed by atoms with Crippen LogP contribution in [0.1, 0.15) is 66.8 Å². The van der Waals surface area contributed by atoms with Crippen LogP contribution in [0.2, 0.25) is 0 Å². The van der Waals surface area contributed by atoms with Crippen LogP contribution in [0.5, 0.6) is 5.75 Å². The molecule has 1 aliphatic carbocycles. The average molecular weight is 516 g/mol. The zero-order chi connectivity index (χ0) is 26.8. The van der Waals surface area contributed by atoms with Gasteiger partial charge in [0.15, 0.2) is 0 Å². The van der Waals surface area contributed by atoms with E-state index in [0.29, 0.717) is 18.0 Å². The quantitative estimate of drug-likeness (QED) is 0.366. The average Bonchev–Trinajstić information content (AvgIpc) is 3.24. The molecule has 38 heavy (non-hydrogen) atoms. The van der Waals surface area contributed by atoms with Gasteiger partial charge in [-0.1, -0.05) is 44.0 Å². The standard InChI is InChI=1S/C32H41N3O3/c1-22(33(2)3)21-35-29-20-25(32(36)37)13-14-28(29)30(23-9-6-5-7-10-23)31(35)24-11-8-12-27(19-24)38-26-15-17-34(4)18-16-26/h8,11-14,19-20,23,26H,1,5-7,9-10,15-18,21H2,2-4H3,(H,36,37). The Balaban J connectivity index is 1.66. The Kier molecular flexibility index (Phi) is 7.80. The third-order valence-corrected chi connectivity index (χ3v) is 8.41. The third-order valence-electron chi connectivity index (χ3n) is 8.41. The predicted octanol–water partition coefficient (Wildman–Crippen LogP) is 6.60. The maximum absolute atomic E-state index is 11.9. The van der Waals surface area contributed by atoms with Crippen molar-refractivity contribution in [3.05, 3.63) is 65.9 Å². The summed E-state index contributed by atoms with van der Waals surface area (Å²) in [5.41, 5.74) is 5.89. The van der Waals surface area contributed by atoms with Crippen LogP contribution in [0.4, 0.5) is 0 Å². The van der Waals surface area contributed by atoms with Crippen LogP contribution < -0.4 is 4.74 Å². The first-order chi connectivity index (χ1) is 18.3. The fourth-order valence-electron chi connectivity index (χ4n) is 6.13. The number of likely N-dealkylation sites (N-methyl/N-ethyl adjacent to an activating group) is 1. The van der Waals surface area contributed by atoms with Crippen LogP contribution in [0, 0.1) is 0 Å². The minimum atomic E-state index is -0.902. The number of benzene rings is 2. The van der Waals surface area contributed by atoms with Crippen molar-refractivity contribution in [2.24, 2.45) is 0 Å². The second-order valence-electron chi connectivity index (χ2n) is 11.3. The molecule has 2 aliphatic rings. The lowest BCUT2D eigenvalue weighted by atomic mass is 9.81. The molecule has 6 heteroatoms. The van der Waals surface area contributed by atoms with E-state index >= 15 is 0 Å². The minimum Gasteiger partial charge on any atom is -0.490 e. The molecule has 0 spiro atoms. The first kappa shape index (κ1) is 26.4. The molecule has 0 bridgehead atoms. The van der Waals surface area contributed by atoms with Gasteiger partial charge in [0, 0.05) is 43.8 Å². The van der Waals surface area contributed by atoms with Crippen molar-refractivity contribution in [3.8, 4) is 17.0 Å². The summed E-state index contributed by atoms with van der Waals surface area (Å²) in [6.07, 6.45) is 8.37. The number of piperidine rings is 1. The lowest BCUT2D eigenvalue weighted by Crippen LogP contribution is -2.35. The first-order valence-corrected chi connectivity index (χ1v) is 14.0. The van der Waals surface area contributed by atoms with Crippen molar-refractivity contribution in [2.75, 3.05) is 34.2 Å². The maximum Gasteiger partial charge on any atom is 0.335 e. The number of allylic oxidation sites excluding steroid dienone is 1. The number of likely N-dealkylation sites (tertiary alicyclic amines) is 1. The third kappa shape index (κ3) is 5.46. The van der Waals surface area contributed by atoms with Crippen LogP contribution >= 0.6 is 0 Å². The van der Waals surface area contributed by atoms with Crippen LogP contribution in [0.25, 0.3) is 22.2 Å². The monoisotopic (exact) mass is 515 g/mol. The molecule has 0 unspecified atom stereocenters. The first-order valence-electron chi connectivity index (χ1n) is 14.0. The molecule has 2 aromatic carbocycles. The zero-order valence-corrected chi connectivity index (χ0v) is 23.1. The van der Waals surface area contributed by atoms with Gasteiger partial charge in [0.1, 0.15) is 11.9 Å². The highest BCUT2D eigenvalue weighted by Gasteiger charge is 2.28. The lowest BCUT2D eigenvalue weighted by molar-refractivity contribution is 0.0697. The highest BCUT2D eigenvalue weighted by atomic mass is 16.5. The predicted molar refractivity (Wildman–Crippen MR) is 154 cm³/mol. The van der Waals surface area contributed by atoms with Gasteiger partial charge in [-0.3, -0.25) is 0 Å². The van der Waals surface area contributed by atoms with Crippen LogP contribution in [0.15, 0.2) is 54.7 Å². The van der Waals surface area contributed by atoms with Gasteiger partial charge in [-0.25, -0.2) is 4.79 Å². The van der Waals surface area contributed by atoms with Crippen molar-refractivity contribution in [3.63, 3.8) is 0 Å². The molecule has 0 radical (unpaired) electrons. The molecular formula is C32H41N3O3. The van der Waals surface area contributed by atoms with Gasteiger partial charge in [-0.2, -0.15) is 0 Å². The zero-order valence-electron chi connectivity index (χ0n) is 23.1. The van der Waals surface area contributed by atoms with E-state index in [0.717, 1.165) is 66.7 Å². The van der Waals surface area contributed by atoms with Crippen molar-refractivity contribution in [1.29, 1.82) is 0 Å². The Labute approximate surface area is 226 Å². The number of aromatic nitrogens is 1. The summed E-state index contributed by atoms with van der Waals surface area (Å²) in [5, 5.41) is 11.0. The molecule has 0 atom stereocenters. The molecule has 202 valence electrons. The largest absolute Gasteiger partial charge is 0.490 e. The molecule has 1 saturated heterocycles. The summed E-state index contributed by atoms with van der Waals surface area (Å²) in [5.74, 6) is 0.450. The SMILES string of the molecule is C=C(Cn1c(-c2cccc(OC3CCN(C)CC3)c2)c(C2CCCCC2)c2ccc(C(=O)O)cc21)N(C)C. The number of carboxylic acids is 1. The Morgan fingerprint density at radius 1 is 1.05 bits per heavy atom. The Bertz CT molecular complexity index is 1310. The van der Waals surface area contributed by atoms with Gasteiger partial charge >= 0.3 is 5.97 Å². The van der Waals surface area contributed by atoms with Gasteiger partial charge in [-0.15, -0.1) is 0 Å². The smallest absolute Gasteiger partial charge is 0.335 e. The Hall–Kier alpha value is -3.25. The van der Waals surface area contributed by atoms with E-state index in [1.54, 1.807) is 6.07 Å². The molecule has 2 fully saturated rings. The molecule has 6 nitrogen and oxygen atoms in total. The van der Waals surface area contributed by atoms with Crippen LogP contribution in [-0.4, -0.2) is 65.8 Å². The van der Waals surface area contributed by atoms with E-state index in [9.17, 15) is 9.90 Å². The summed E-state index contributed by atoms with van der Waals surface area (Å²) in [4.78, 5) is 16.3. The van der Waals surface area contributed by atoms with Crippen molar-refractivity contribution < 1.29 is 14.6 Å². The number of nitrogens with zero attached hydrogens (tertiary/aromatic N) is 3. The molecule has 1 N–H and O–H groups in total. The summed E-state index contributed by atoms with van der Waals surface area (Å²) in [6.45, 7) is 7.04. The van der Waals surface area contributed by atoms with E-state index in [1.165, 1.54) is 30.5 Å².